The van der Waals surface area contributed by atoms with Crippen LogP contribution in [0.2, 0.25) is 0 Å². The first-order valence-corrected chi connectivity index (χ1v) is 28.2. The van der Waals surface area contributed by atoms with E-state index in [-0.39, 0.29) is 50.7 Å². The van der Waals surface area contributed by atoms with Crippen molar-refractivity contribution < 1.29 is 20.4 Å². The molecule has 416 valence electrons. The molecule has 0 amide bonds. The van der Waals surface area contributed by atoms with Crippen molar-refractivity contribution in [3.63, 3.8) is 0 Å². The van der Waals surface area contributed by atoms with Gasteiger partial charge >= 0.3 is 0 Å². The van der Waals surface area contributed by atoms with E-state index in [9.17, 15) is 20.4 Å². The van der Waals surface area contributed by atoms with Gasteiger partial charge in [0, 0.05) is 47.1 Å². The Hall–Kier alpha value is -8.88. The molecule has 1 aliphatic carbocycles. The minimum absolute atomic E-state index is 0.136. The van der Waals surface area contributed by atoms with Crippen LogP contribution in [0.4, 0.5) is 17.1 Å². The number of hydrogen-bond acceptors (Lipinski definition) is 8. The highest BCUT2D eigenvalue weighted by Gasteiger charge is 2.24. The smallest absolute Gasteiger partial charge is 0.128 e. The number of allylic oxidation sites excluding steroid dienone is 2. The Morgan fingerprint density at radius 1 is 0.366 bits per heavy atom. The van der Waals surface area contributed by atoms with Crippen LogP contribution in [0.5, 0.6) is 23.0 Å². The second-order valence-corrected chi connectivity index (χ2v) is 25.4. The molecule has 8 aromatic carbocycles. The van der Waals surface area contributed by atoms with Gasteiger partial charge in [0.25, 0.3) is 0 Å². The van der Waals surface area contributed by atoms with Crippen molar-refractivity contribution in [1.29, 1.82) is 0 Å². The first-order valence-electron chi connectivity index (χ1n) is 28.2. The van der Waals surface area contributed by atoms with Gasteiger partial charge in [0.2, 0.25) is 0 Å². The lowest BCUT2D eigenvalue weighted by Crippen LogP contribution is -2.12. The highest BCUT2D eigenvalue weighted by Crippen LogP contribution is 2.44. The van der Waals surface area contributed by atoms with E-state index >= 15 is 0 Å². The highest BCUT2D eigenvalue weighted by molar-refractivity contribution is 5.96. The fourth-order valence-corrected chi connectivity index (χ4v) is 10.3. The summed E-state index contributed by atoms with van der Waals surface area (Å²) in [6.45, 7) is 25.0. The summed E-state index contributed by atoms with van der Waals surface area (Å²) in [5.74, 6) is 0.953. The van der Waals surface area contributed by atoms with Crippen LogP contribution in [0.25, 0.3) is 39.0 Å². The number of para-hydroxylation sites is 4. The largest absolute Gasteiger partial charge is 0.507 e. The summed E-state index contributed by atoms with van der Waals surface area (Å²) < 4.78 is 0. The lowest BCUT2D eigenvalue weighted by Gasteiger charge is -2.21. The molecule has 9 rings (SSSR count). The molecule has 1 atom stereocenters. The predicted molar refractivity (Wildman–Crippen MR) is 345 cm³/mol. The second-order valence-electron chi connectivity index (χ2n) is 25.4. The van der Waals surface area contributed by atoms with E-state index in [2.05, 4.69) is 150 Å². The Kier molecular flexibility index (Phi) is 16.4. The molecule has 82 heavy (non-hydrogen) atoms. The summed E-state index contributed by atoms with van der Waals surface area (Å²) in [5.41, 5.74) is 15.5. The van der Waals surface area contributed by atoms with Crippen LogP contribution in [-0.2, 0) is 21.7 Å². The summed E-state index contributed by atoms with van der Waals surface area (Å²) in [6, 6.07) is 52.2. The molecule has 0 heterocycles. The fourth-order valence-electron chi connectivity index (χ4n) is 10.3. The molecule has 1 aliphatic rings. The van der Waals surface area contributed by atoms with Gasteiger partial charge in [-0.15, -0.1) is 0 Å². The topological polar surface area (TPSA) is 130 Å². The van der Waals surface area contributed by atoms with Crippen molar-refractivity contribution >= 4 is 47.5 Å². The maximum Gasteiger partial charge on any atom is 0.128 e. The number of aromatic hydroxyl groups is 4. The molecular formula is C74H76N4O4. The molecule has 0 radical (unpaired) electrons. The van der Waals surface area contributed by atoms with Gasteiger partial charge in [-0.1, -0.05) is 186 Å². The highest BCUT2D eigenvalue weighted by atomic mass is 16.3. The van der Waals surface area contributed by atoms with Crippen molar-refractivity contribution in [2.75, 3.05) is 0 Å². The molecule has 0 aliphatic heterocycles. The summed E-state index contributed by atoms with van der Waals surface area (Å²) in [5, 5.41) is 44.9. The number of phenols is 4. The summed E-state index contributed by atoms with van der Waals surface area (Å²) in [4.78, 5) is 19.4. The third-order valence-corrected chi connectivity index (χ3v) is 15.0. The van der Waals surface area contributed by atoms with Crippen LogP contribution in [0, 0.1) is 0 Å². The molecule has 4 N–H and O–H groups in total. The zero-order valence-corrected chi connectivity index (χ0v) is 49.4. The minimum Gasteiger partial charge on any atom is -0.507 e. The Balaban J connectivity index is 1.14. The Labute approximate surface area is 485 Å². The number of nitrogens with zero attached hydrogens (tertiary/aromatic N) is 4. The van der Waals surface area contributed by atoms with E-state index in [1.165, 1.54) is 0 Å². The summed E-state index contributed by atoms with van der Waals surface area (Å²) in [7, 11) is 0. The molecule has 1 unspecified atom stereocenters. The Morgan fingerprint density at radius 3 is 0.951 bits per heavy atom. The van der Waals surface area contributed by atoms with E-state index < -0.39 is 0 Å². The van der Waals surface area contributed by atoms with Gasteiger partial charge in [-0.05, 0) is 168 Å². The average Bonchev–Trinajstić information content (AvgIpc) is 3.55. The van der Waals surface area contributed by atoms with Crippen LogP contribution in [0.3, 0.4) is 0 Å². The van der Waals surface area contributed by atoms with E-state index in [0.29, 0.717) is 28.7 Å². The Bertz CT molecular complexity index is 3830. The van der Waals surface area contributed by atoms with Gasteiger partial charge in [0.1, 0.15) is 23.0 Å². The van der Waals surface area contributed by atoms with E-state index in [1.54, 1.807) is 24.9 Å². The molecule has 0 saturated heterocycles. The van der Waals surface area contributed by atoms with Crippen LogP contribution in [-0.4, -0.2) is 51.3 Å². The van der Waals surface area contributed by atoms with Gasteiger partial charge in [0.15, 0.2) is 0 Å². The molecule has 0 aromatic heterocycles. The second kappa shape index (κ2) is 23.3. The lowest BCUT2D eigenvalue weighted by molar-refractivity contribution is 0.445. The molecule has 0 saturated carbocycles. The summed E-state index contributed by atoms with van der Waals surface area (Å²) in [6.07, 6.45) is 14.1. The van der Waals surface area contributed by atoms with Gasteiger partial charge in [0.05, 0.1) is 23.1 Å². The molecule has 0 bridgehead atoms. The van der Waals surface area contributed by atoms with E-state index in [0.717, 1.165) is 83.8 Å². The van der Waals surface area contributed by atoms with E-state index in [4.69, 9.17) is 20.0 Å². The van der Waals surface area contributed by atoms with Crippen LogP contribution in [0.1, 0.15) is 140 Å². The molecule has 8 nitrogen and oxygen atoms in total. The zero-order valence-electron chi connectivity index (χ0n) is 49.4. The van der Waals surface area contributed by atoms with Crippen molar-refractivity contribution in [2.45, 2.75) is 117 Å². The average molecular weight is 1090 g/mol. The third kappa shape index (κ3) is 13.1. The molecular weight excluding hydrogens is 1010 g/mol. The Morgan fingerprint density at radius 2 is 0.659 bits per heavy atom. The maximum atomic E-state index is 11.2. The number of hydrogen-bond donors (Lipinski definition) is 4. The standard InChI is InChI=1S/C74H76N4O4/c1-71(2,3)63-21-13-17-51(67(63)79)43-75-55-33-25-47(26-34-55)59-41-61(49-29-37-57(38-30-49)77-45-53-19-15-23-65(69(53)81)73(7,8)9)62(50-31-39-58(40-32-50)78-46-54-20-16-24-66(70(54)82)74(10,11)12)42-60(59)48-27-35-56(36-28-48)76-44-52-18-14-22-64(68(52)80)72(4,5)6/h13-39,41-46,58,79-82H,40H2,1-12H3. The quantitative estimate of drug-likeness (QED) is 0.0908. The molecule has 0 fully saturated rings. The summed E-state index contributed by atoms with van der Waals surface area (Å²) >= 11 is 0. The molecule has 0 spiro atoms. The third-order valence-electron chi connectivity index (χ3n) is 15.0. The first-order chi connectivity index (χ1) is 38.8. The molecule has 8 heteroatoms. The van der Waals surface area contributed by atoms with Crippen LogP contribution < -0.4 is 0 Å². The van der Waals surface area contributed by atoms with Gasteiger partial charge in [-0.25, -0.2) is 0 Å². The van der Waals surface area contributed by atoms with Crippen molar-refractivity contribution in [3.05, 3.63) is 226 Å². The number of phenolic OH excluding ortho intramolecular Hbond substituents is 4. The monoisotopic (exact) mass is 1080 g/mol. The number of aliphatic imine (C=N–C) groups is 4. The normalized spacial score (nSPS) is 14.4. The van der Waals surface area contributed by atoms with Gasteiger partial charge < -0.3 is 20.4 Å². The van der Waals surface area contributed by atoms with Gasteiger partial charge in [-0.3, -0.25) is 20.0 Å². The SMILES string of the molecule is CC(C)(C)c1cccc(C=Nc2ccc(-c3cc(-c4ccc(N=Cc5cccc(C(C)(C)C)c5O)cc4)c(-c4ccc(N=Cc5cccc(C(C)(C)C)c5O)cc4)cc3C3=CCC(N=Cc4cccc(C(C)(C)C)c4O)C=C3)cc2)c1O. The first kappa shape index (κ1) is 57.8. The van der Waals surface area contributed by atoms with Crippen molar-refractivity contribution in [2.24, 2.45) is 20.0 Å². The minimum atomic E-state index is -0.232. The maximum absolute atomic E-state index is 11.2. The predicted octanol–water partition coefficient (Wildman–Crippen LogP) is 18.8. The van der Waals surface area contributed by atoms with E-state index in [1.807, 2.05) is 109 Å². The van der Waals surface area contributed by atoms with Gasteiger partial charge in [-0.2, -0.15) is 0 Å². The van der Waals surface area contributed by atoms with Crippen molar-refractivity contribution in [1.82, 2.24) is 0 Å². The molecule has 8 aromatic rings. The lowest BCUT2D eigenvalue weighted by atomic mass is 9.84. The fraction of sp³-hybridized carbons (Fsp3) is 0.243. The number of rotatable bonds is 12. The van der Waals surface area contributed by atoms with Crippen molar-refractivity contribution in [3.8, 4) is 56.4 Å². The number of benzene rings is 8. The van der Waals surface area contributed by atoms with Crippen LogP contribution in [0.15, 0.2) is 196 Å². The zero-order chi connectivity index (χ0) is 58.7. The van der Waals surface area contributed by atoms with Crippen LogP contribution >= 0.6 is 0 Å².